The van der Waals surface area contributed by atoms with Crippen LogP contribution in [-0.2, 0) is 13.0 Å². The van der Waals surface area contributed by atoms with E-state index in [-0.39, 0.29) is 0 Å². The summed E-state index contributed by atoms with van der Waals surface area (Å²) in [6.45, 7) is 3.06. The number of benzene rings is 1. The fourth-order valence-electron chi connectivity index (χ4n) is 2.28. The zero-order chi connectivity index (χ0) is 15.4. The van der Waals surface area contributed by atoms with Gasteiger partial charge in [0, 0.05) is 33.7 Å². The molecule has 5 heteroatoms. The Labute approximate surface area is 143 Å². The predicted octanol–water partition coefficient (Wildman–Crippen LogP) is 4.42. The van der Waals surface area contributed by atoms with Crippen LogP contribution >= 0.6 is 27.3 Å². The first-order valence-electron chi connectivity index (χ1n) is 7.26. The lowest BCUT2D eigenvalue weighted by Crippen LogP contribution is -2.27. The Hall–Kier alpha value is -1.43. The zero-order valence-electron chi connectivity index (χ0n) is 12.4. The topological polar surface area (TPSA) is 29.9 Å². The van der Waals surface area contributed by atoms with E-state index in [0.717, 1.165) is 23.1 Å². The van der Waals surface area contributed by atoms with Gasteiger partial charge >= 0.3 is 0 Å². The third-order valence-corrected chi connectivity index (χ3v) is 4.90. The summed E-state index contributed by atoms with van der Waals surface area (Å²) < 4.78 is 2.99. The van der Waals surface area contributed by atoms with Gasteiger partial charge in [0.15, 0.2) is 0 Å². The number of hydrogen-bond donors (Lipinski definition) is 1. The number of nitrogens with zero attached hydrogens (tertiary/aromatic N) is 2. The summed E-state index contributed by atoms with van der Waals surface area (Å²) in [6.07, 6.45) is 5.07. The minimum atomic E-state index is 0.453. The average Bonchev–Trinajstić information content (AvgIpc) is 3.17. The molecule has 2 aromatic heterocycles. The maximum Gasteiger partial charge on any atom is 0.0646 e. The van der Waals surface area contributed by atoms with Crippen LogP contribution in [0.15, 0.2) is 58.6 Å². The lowest BCUT2D eigenvalue weighted by Gasteiger charge is -2.11. The van der Waals surface area contributed by atoms with Crippen molar-refractivity contribution in [2.24, 2.45) is 0 Å². The van der Waals surface area contributed by atoms with Gasteiger partial charge in [0.1, 0.15) is 0 Å². The molecule has 0 fully saturated rings. The largest absolute Gasteiger partial charge is 0.310 e. The molecular formula is C17H18BrN3S. The van der Waals surface area contributed by atoms with Gasteiger partial charge < -0.3 is 5.32 Å². The van der Waals surface area contributed by atoms with Crippen LogP contribution < -0.4 is 5.32 Å². The first-order chi connectivity index (χ1) is 10.7. The Morgan fingerprint density at radius 1 is 1.27 bits per heavy atom. The number of thiophene rings is 1. The SMILES string of the molecule is CC(Cc1cccs1)NCc1cnn(-c2ccc(Br)cc2)c1. The Kier molecular flexibility index (Phi) is 5.08. The Bertz CT molecular complexity index is 704. The lowest BCUT2D eigenvalue weighted by molar-refractivity contribution is 0.548. The van der Waals surface area contributed by atoms with E-state index in [1.165, 1.54) is 10.4 Å². The summed E-state index contributed by atoms with van der Waals surface area (Å²) in [4.78, 5) is 1.42. The van der Waals surface area contributed by atoms with Crippen molar-refractivity contribution in [3.05, 3.63) is 69.1 Å². The molecule has 0 bridgehead atoms. The molecule has 22 heavy (non-hydrogen) atoms. The van der Waals surface area contributed by atoms with Gasteiger partial charge in [-0.15, -0.1) is 11.3 Å². The Morgan fingerprint density at radius 3 is 2.82 bits per heavy atom. The maximum absolute atomic E-state index is 4.43. The van der Waals surface area contributed by atoms with Crippen molar-refractivity contribution in [1.82, 2.24) is 15.1 Å². The summed E-state index contributed by atoms with van der Waals surface area (Å²) in [5.41, 5.74) is 2.27. The van der Waals surface area contributed by atoms with Crippen molar-refractivity contribution in [2.75, 3.05) is 0 Å². The number of aromatic nitrogens is 2. The van der Waals surface area contributed by atoms with Gasteiger partial charge in [-0.25, -0.2) is 4.68 Å². The summed E-state index contributed by atoms with van der Waals surface area (Å²) in [5, 5.41) is 10.1. The number of halogens is 1. The van der Waals surface area contributed by atoms with E-state index in [1.54, 1.807) is 0 Å². The second-order valence-corrected chi connectivity index (χ2v) is 7.28. The summed E-state index contributed by atoms with van der Waals surface area (Å²) in [5.74, 6) is 0. The van der Waals surface area contributed by atoms with Gasteiger partial charge in [-0.05, 0) is 49.1 Å². The predicted molar refractivity (Wildman–Crippen MR) is 95.6 cm³/mol. The van der Waals surface area contributed by atoms with Crippen LogP contribution in [0.2, 0.25) is 0 Å². The third-order valence-electron chi connectivity index (χ3n) is 3.47. The normalized spacial score (nSPS) is 12.5. The molecule has 0 aliphatic rings. The van der Waals surface area contributed by atoms with E-state index in [2.05, 4.69) is 57.0 Å². The van der Waals surface area contributed by atoms with Gasteiger partial charge in [-0.1, -0.05) is 22.0 Å². The Morgan fingerprint density at radius 2 is 2.09 bits per heavy atom. The van der Waals surface area contributed by atoms with Crippen LogP contribution in [0.4, 0.5) is 0 Å². The van der Waals surface area contributed by atoms with Crippen molar-refractivity contribution < 1.29 is 0 Å². The van der Waals surface area contributed by atoms with Gasteiger partial charge in [0.05, 0.1) is 11.9 Å². The zero-order valence-corrected chi connectivity index (χ0v) is 14.8. The minimum Gasteiger partial charge on any atom is -0.310 e. The third kappa shape index (κ3) is 4.06. The van der Waals surface area contributed by atoms with Gasteiger partial charge in [0.25, 0.3) is 0 Å². The molecule has 114 valence electrons. The molecule has 0 spiro atoms. The number of rotatable bonds is 6. The highest BCUT2D eigenvalue weighted by Gasteiger charge is 2.06. The van der Waals surface area contributed by atoms with Crippen LogP contribution in [-0.4, -0.2) is 15.8 Å². The second kappa shape index (κ2) is 7.22. The second-order valence-electron chi connectivity index (χ2n) is 5.34. The number of hydrogen-bond acceptors (Lipinski definition) is 3. The first kappa shape index (κ1) is 15.5. The molecule has 3 rings (SSSR count). The average molecular weight is 376 g/mol. The molecule has 1 N–H and O–H groups in total. The number of nitrogens with one attached hydrogen (secondary N) is 1. The highest BCUT2D eigenvalue weighted by molar-refractivity contribution is 9.10. The van der Waals surface area contributed by atoms with Crippen LogP contribution in [0.25, 0.3) is 5.69 Å². The lowest BCUT2D eigenvalue weighted by atomic mass is 10.2. The molecule has 0 radical (unpaired) electrons. The smallest absolute Gasteiger partial charge is 0.0646 e. The molecule has 1 atom stereocenters. The molecule has 2 heterocycles. The molecular weight excluding hydrogens is 358 g/mol. The van der Waals surface area contributed by atoms with Gasteiger partial charge in [0.2, 0.25) is 0 Å². The summed E-state index contributed by atoms with van der Waals surface area (Å²) >= 11 is 5.26. The van der Waals surface area contributed by atoms with Crippen molar-refractivity contribution in [1.29, 1.82) is 0 Å². The molecule has 0 saturated carbocycles. The fraction of sp³-hybridized carbons (Fsp3) is 0.235. The Balaban J connectivity index is 1.56. The quantitative estimate of drug-likeness (QED) is 0.690. The van der Waals surface area contributed by atoms with Crippen LogP contribution in [0.3, 0.4) is 0 Å². The molecule has 0 aliphatic carbocycles. The minimum absolute atomic E-state index is 0.453. The van der Waals surface area contributed by atoms with E-state index in [1.807, 2.05) is 46.5 Å². The van der Waals surface area contributed by atoms with Crippen LogP contribution in [0.1, 0.15) is 17.4 Å². The van der Waals surface area contributed by atoms with Crippen molar-refractivity contribution in [3.63, 3.8) is 0 Å². The van der Waals surface area contributed by atoms with Crippen LogP contribution in [0, 0.1) is 0 Å². The molecule has 1 unspecified atom stereocenters. The monoisotopic (exact) mass is 375 g/mol. The fourth-order valence-corrected chi connectivity index (χ4v) is 3.38. The maximum atomic E-state index is 4.43. The van der Waals surface area contributed by atoms with Gasteiger partial charge in [-0.3, -0.25) is 0 Å². The first-order valence-corrected chi connectivity index (χ1v) is 8.93. The van der Waals surface area contributed by atoms with E-state index in [0.29, 0.717) is 6.04 Å². The summed E-state index contributed by atoms with van der Waals surface area (Å²) in [6, 6.07) is 12.9. The summed E-state index contributed by atoms with van der Waals surface area (Å²) in [7, 11) is 0. The van der Waals surface area contributed by atoms with E-state index < -0.39 is 0 Å². The van der Waals surface area contributed by atoms with Crippen molar-refractivity contribution >= 4 is 27.3 Å². The van der Waals surface area contributed by atoms with Crippen molar-refractivity contribution in [3.8, 4) is 5.69 Å². The van der Waals surface area contributed by atoms with Gasteiger partial charge in [-0.2, -0.15) is 5.10 Å². The van der Waals surface area contributed by atoms with Crippen molar-refractivity contribution in [2.45, 2.75) is 25.9 Å². The molecule has 1 aromatic carbocycles. The molecule has 0 saturated heterocycles. The highest BCUT2D eigenvalue weighted by Crippen LogP contribution is 2.14. The molecule has 0 aliphatic heterocycles. The molecule has 3 nitrogen and oxygen atoms in total. The molecule has 3 aromatic rings. The van der Waals surface area contributed by atoms with Crippen LogP contribution in [0.5, 0.6) is 0 Å². The van der Waals surface area contributed by atoms with E-state index >= 15 is 0 Å². The molecule has 0 amide bonds. The highest BCUT2D eigenvalue weighted by atomic mass is 79.9. The van der Waals surface area contributed by atoms with E-state index in [9.17, 15) is 0 Å². The van der Waals surface area contributed by atoms with E-state index in [4.69, 9.17) is 0 Å². The standard InChI is InChI=1S/C17H18BrN3S/c1-13(9-17-3-2-8-22-17)19-10-14-11-20-21(12-14)16-6-4-15(18)5-7-16/h2-8,11-13,19H,9-10H2,1H3.